The average Bonchev–Trinajstić information content (AvgIpc) is 3.17. The lowest BCUT2D eigenvalue weighted by molar-refractivity contribution is 0.354. The minimum absolute atomic E-state index is 0.482. The molecule has 0 aliphatic heterocycles. The molecule has 6 heteroatoms. The Balaban J connectivity index is 1.81. The number of benzene rings is 1. The summed E-state index contributed by atoms with van der Waals surface area (Å²) in [4.78, 5) is 7.40. The molecular formula is C15H15N3O3. The number of aromatic nitrogens is 3. The van der Waals surface area contributed by atoms with Crippen LogP contribution in [0.2, 0.25) is 0 Å². The first kappa shape index (κ1) is 13.2. The molecule has 0 saturated carbocycles. The second-order valence-corrected chi connectivity index (χ2v) is 4.47. The van der Waals surface area contributed by atoms with Gasteiger partial charge in [-0.15, -0.1) is 0 Å². The first-order valence-electron chi connectivity index (χ1n) is 6.47. The Bertz CT molecular complexity index is 720. The summed E-state index contributed by atoms with van der Waals surface area (Å²) in [7, 11) is 3.22. The quantitative estimate of drug-likeness (QED) is 0.780. The molecule has 2 heterocycles. The molecule has 0 amide bonds. The van der Waals surface area contributed by atoms with Gasteiger partial charge >= 0.3 is 0 Å². The van der Waals surface area contributed by atoms with Crippen molar-refractivity contribution in [1.82, 2.24) is 15.1 Å². The highest BCUT2D eigenvalue weighted by atomic mass is 16.5. The number of nitrogens with zero attached hydrogens (tertiary/aromatic N) is 2. The van der Waals surface area contributed by atoms with Crippen molar-refractivity contribution in [3.63, 3.8) is 0 Å². The van der Waals surface area contributed by atoms with Crippen LogP contribution in [0, 0.1) is 0 Å². The highest BCUT2D eigenvalue weighted by Crippen LogP contribution is 2.28. The maximum absolute atomic E-state index is 5.28. The van der Waals surface area contributed by atoms with Crippen LogP contribution < -0.4 is 9.47 Å². The summed E-state index contributed by atoms with van der Waals surface area (Å²) >= 11 is 0. The minimum Gasteiger partial charge on any atom is -0.493 e. The van der Waals surface area contributed by atoms with Crippen molar-refractivity contribution in [1.29, 1.82) is 0 Å². The maximum Gasteiger partial charge on any atom is 0.274 e. The molecule has 108 valence electrons. The van der Waals surface area contributed by atoms with Gasteiger partial charge in [0.15, 0.2) is 17.3 Å². The Morgan fingerprint density at radius 3 is 2.71 bits per heavy atom. The van der Waals surface area contributed by atoms with E-state index in [1.807, 2.05) is 36.5 Å². The zero-order valence-corrected chi connectivity index (χ0v) is 11.8. The van der Waals surface area contributed by atoms with Crippen LogP contribution in [0.25, 0.3) is 11.6 Å². The Hall–Kier alpha value is -2.76. The zero-order valence-electron chi connectivity index (χ0n) is 11.8. The van der Waals surface area contributed by atoms with E-state index in [0.717, 1.165) is 11.3 Å². The fourth-order valence-electron chi connectivity index (χ4n) is 2.07. The average molecular weight is 285 g/mol. The van der Waals surface area contributed by atoms with Crippen LogP contribution in [-0.2, 0) is 6.42 Å². The van der Waals surface area contributed by atoms with E-state index in [4.69, 9.17) is 14.0 Å². The number of nitrogens with one attached hydrogen (secondary N) is 1. The molecule has 21 heavy (non-hydrogen) atoms. The van der Waals surface area contributed by atoms with Crippen LogP contribution in [-0.4, -0.2) is 29.3 Å². The van der Waals surface area contributed by atoms with E-state index in [9.17, 15) is 0 Å². The lowest BCUT2D eigenvalue weighted by Crippen LogP contribution is -1.95. The predicted molar refractivity (Wildman–Crippen MR) is 76.4 cm³/mol. The van der Waals surface area contributed by atoms with Gasteiger partial charge in [0.1, 0.15) is 5.69 Å². The van der Waals surface area contributed by atoms with Crippen LogP contribution in [0.3, 0.4) is 0 Å². The van der Waals surface area contributed by atoms with E-state index in [2.05, 4.69) is 15.1 Å². The number of rotatable bonds is 5. The number of ether oxygens (including phenoxy) is 2. The van der Waals surface area contributed by atoms with E-state index in [0.29, 0.717) is 29.6 Å². The first-order valence-corrected chi connectivity index (χ1v) is 6.47. The molecule has 0 spiro atoms. The summed E-state index contributed by atoms with van der Waals surface area (Å²) in [5.41, 5.74) is 1.83. The predicted octanol–water partition coefficient (Wildman–Crippen LogP) is 2.67. The summed E-state index contributed by atoms with van der Waals surface area (Å²) < 4.78 is 15.7. The van der Waals surface area contributed by atoms with Crippen LogP contribution >= 0.6 is 0 Å². The fraction of sp³-hybridized carbons (Fsp3) is 0.200. The number of hydrogen-bond donors (Lipinski definition) is 1. The van der Waals surface area contributed by atoms with Gasteiger partial charge in [-0.1, -0.05) is 11.2 Å². The molecule has 0 fully saturated rings. The van der Waals surface area contributed by atoms with E-state index >= 15 is 0 Å². The molecule has 3 aromatic rings. The molecule has 0 atom stereocenters. The van der Waals surface area contributed by atoms with Gasteiger partial charge in [-0.2, -0.15) is 4.98 Å². The lowest BCUT2D eigenvalue weighted by atomic mass is 10.1. The maximum atomic E-state index is 5.28. The van der Waals surface area contributed by atoms with Crippen LogP contribution in [0.1, 0.15) is 11.4 Å². The molecule has 1 aromatic carbocycles. The first-order chi connectivity index (χ1) is 10.3. The van der Waals surface area contributed by atoms with Gasteiger partial charge in [-0.3, -0.25) is 0 Å². The van der Waals surface area contributed by atoms with Crippen LogP contribution in [0.4, 0.5) is 0 Å². The topological polar surface area (TPSA) is 73.2 Å². The van der Waals surface area contributed by atoms with Gasteiger partial charge in [-0.05, 0) is 29.8 Å². The van der Waals surface area contributed by atoms with E-state index < -0.39 is 0 Å². The Morgan fingerprint density at radius 1 is 1.14 bits per heavy atom. The molecule has 0 aliphatic rings. The molecule has 0 aliphatic carbocycles. The smallest absolute Gasteiger partial charge is 0.274 e. The molecule has 6 nitrogen and oxygen atoms in total. The highest BCUT2D eigenvalue weighted by molar-refractivity contribution is 5.47. The molecule has 1 N–H and O–H groups in total. The second-order valence-electron chi connectivity index (χ2n) is 4.47. The van der Waals surface area contributed by atoms with Gasteiger partial charge < -0.3 is 19.0 Å². The monoisotopic (exact) mass is 285 g/mol. The third-order valence-corrected chi connectivity index (χ3v) is 3.11. The van der Waals surface area contributed by atoms with Crippen LogP contribution in [0.15, 0.2) is 41.1 Å². The largest absolute Gasteiger partial charge is 0.493 e. The van der Waals surface area contributed by atoms with Crippen molar-refractivity contribution in [2.75, 3.05) is 14.2 Å². The van der Waals surface area contributed by atoms with Gasteiger partial charge in [0, 0.05) is 12.6 Å². The third kappa shape index (κ3) is 2.74. The van der Waals surface area contributed by atoms with Gasteiger partial charge in [0.2, 0.25) is 0 Å². The minimum atomic E-state index is 0.482. The Kier molecular flexibility index (Phi) is 3.59. The second kappa shape index (κ2) is 5.70. The summed E-state index contributed by atoms with van der Waals surface area (Å²) in [5, 5.41) is 3.99. The normalized spacial score (nSPS) is 10.6. The molecule has 0 unspecified atom stereocenters. The standard InChI is InChI=1S/C15H15N3O3/c1-19-12-6-5-10(8-13(12)20-2)9-14-17-15(21-18-14)11-4-3-7-16-11/h3-8,16H,9H2,1-2H3. The fourth-order valence-corrected chi connectivity index (χ4v) is 2.07. The van der Waals surface area contributed by atoms with Crippen molar-refractivity contribution in [2.45, 2.75) is 6.42 Å². The van der Waals surface area contributed by atoms with Crippen molar-refractivity contribution < 1.29 is 14.0 Å². The van der Waals surface area contributed by atoms with E-state index in [1.165, 1.54) is 0 Å². The molecule has 0 bridgehead atoms. The summed E-state index contributed by atoms with van der Waals surface area (Å²) in [5.74, 6) is 2.48. The van der Waals surface area contributed by atoms with Crippen LogP contribution in [0.5, 0.6) is 11.5 Å². The van der Waals surface area contributed by atoms with Gasteiger partial charge in [0.05, 0.1) is 14.2 Å². The van der Waals surface area contributed by atoms with Crippen molar-refractivity contribution >= 4 is 0 Å². The van der Waals surface area contributed by atoms with Crippen molar-refractivity contribution in [2.24, 2.45) is 0 Å². The Labute approximate surface area is 121 Å². The SMILES string of the molecule is COc1ccc(Cc2noc(-c3ccc[nH]3)n2)cc1OC. The number of methoxy groups -OCH3 is 2. The molecule has 0 saturated heterocycles. The summed E-state index contributed by atoms with van der Waals surface area (Å²) in [6.45, 7) is 0. The third-order valence-electron chi connectivity index (χ3n) is 3.11. The lowest BCUT2D eigenvalue weighted by Gasteiger charge is -2.08. The van der Waals surface area contributed by atoms with E-state index in [-0.39, 0.29) is 0 Å². The summed E-state index contributed by atoms with van der Waals surface area (Å²) in [6.07, 6.45) is 2.37. The van der Waals surface area contributed by atoms with Crippen molar-refractivity contribution in [3.8, 4) is 23.1 Å². The number of H-pyrrole nitrogens is 1. The number of hydrogen-bond acceptors (Lipinski definition) is 5. The van der Waals surface area contributed by atoms with Crippen molar-refractivity contribution in [3.05, 3.63) is 47.9 Å². The van der Waals surface area contributed by atoms with Gasteiger partial charge in [-0.25, -0.2) is 0 Å². The molecule has 0 radical (unpaired) electrons. The van der Waals surface area contributed by atoms with Gasteiger partial charge in [0.25, 0.3) is 5.89 Å². The Morgan fingerprint density at radius 2 is 2.00 bits per heavy atom. The molecular weight excluding hydrogens is 270 g/mol. The molecule has 3 rings (SSSR count). The number of aromatic amines is 1. The summed E-state index contributed by atoms with van der Waals surface area (Å²) in [6, 6.07) is 9.48. The highest BCUT2D eigenvalue weighted by Gasteiger charge is 2.11. The molecule has 2 aromatic heterocycles. The zero-order chi connectivity index (χ0) is 14.7. The van der Waals surface area contributed by atoms with E-state index in [1.54, 1.807) is 14.2 Å².